The Bertz CT molecular complexity index is 396. The molecule has 0 bridgehead atoms. The molecule has 1 heterocycles. The van der Waals surface area contributed by atoms with Crippen LogP contribution in [0.15, 0.2) is 17.6 Å². The van der Waals surface area contributed by atoms with Crippen LogP contribution in [0.5, 0.6) is 0 Å². The van der Waals surface area contributed by atoms with Crippen LogP contribution in [0.3, 0.4) is 0 Å². The van der Waals surface area contributed by atoms with Crippen molar-refractivity contribution >= 4 is 11.8 Å². The monoisotopic (exact) mass is 247 g/mol. The van der Waals surface area contributed by atoms with Gasteiger partial charge in [-0.05, 0) is 25.3 Å². The number of aromatic nitrogens is 2. The topological polar surface area (TPSA) is 49.6 Å². The first-order valence-electron chi connectivity index (χ1n) is 6.14. The van der Waals surface area contributed by atoms with Crippen molar-refractivity contribution in [2.24, 2.45) is 5.92 Å². The Labute approximate surface area is 107 Å². The number of nitriles is 1. The van der Waals surface area contributed by atoms with Crippen molar-refractivity contribution in [2.75, 3.05) is 0 Å². The first kappa shape index (κ1) is 12.4. The van der Waals surface area contributed by atoms with Gasteiger partial charge in [0.05, 0.1) is 12.0 Å². The van der Waals surface area contributed by atoms with Gasteiger partial charge in [-0.15, -0.1) is 0 Å². The van der Waals surface area contributed by atoms with Crippen LogP contribution in [-0.4, -0.2) is 15.2 Å². The summed E-state index contributed by atoms with van der Waals surface area (Å²) in [6.07, 6.45) is 9.48. The zero-order chi connectivity index (χ0) is 12.1. The molecule has 4 heteroatoms. The van der Waals surface area contributed by atoms with Gasteiger partial charge in [0, 0.05) is 17.6 Å². The molecule has 1 aliphatic rings. The van der Waals surface area contributed by atoms with Crippen LogP contribution in [0.4, 0.5) is 0 Å². The molecule has 0 spiro atoms. The Kier molecular flexibility index (Phi) is 4.38. The second-order valence-electron chi connectivity index (χ2n) is 4.57. The molecule has 0 N–H and O–H groups in total. The molecule has 1 saturated carbocycles. The van der Waals surface area contributed by atoms with Gasteiger partial charge in [-0.3, -0.25) is 0 Å². The van der Waals surface area contributed by atoms with Gasteiger partial charge in [-0.2, -0.15) is 5.26 Å². The summed E-state index contributed by atoms with van der Waals surface area (Å²) in [5.41, 5.74) is 1.08. The molecule has 17 heavy (non-hydrogen) atoms. The zero-order valence-corrected chi connectivity index (χ0v) is 10.9. The Morgan fingerprint density at radius 1 is 1.24 bits per heavy atom. The lowest BCUT2D eigenvalue weighted by molar-refractivity contribution is 0.584. The summed E-state index contributed by atoms with van der Waals surface area (Å²) < 4.78 is 0. The summed E-state index contributed by atoms with van der Waals surface area (Å²) in [5, 5.41) is 10.4. The summed E-state index contributed by atoms with van der Waals surface area (Å²) >= 11 is 1.67. The highest BCUT2D eigenvalue weighted by atomic mass is 32.2. The number of hydrogen-bond acceptors (Lipinski definition) is 4. The van der Waals surface area contributed by atoms with Crippen molar-refractivity contribution in [3.8, 4) is 6.07 Å². The quantitative estimate of drug-likeness (QED) is 0.594. The van der Waals surface area contributed by atoms with Crippen molar-refractivity contribution in [1.29, 1.82) is 5.26 Å². The average molecular weight is 247 g/mol. The third kappa shape index (κ3) is 3.44. The highest BCUT2D eigenvalue weighted by Crippen LogP contribution is 2.34. The normalized spacial score (nSPS) is 24.9. The minimum absolute atomic E-state index is 0.160. The molecule has 0 saturated heterocycles. The molecule has 3 nitrogen and oxygen atoms in total. The Hall–Kier alpha value is -1.08. The summed E-state index contributed by atoms with van der Waals surface area (Å²) in [6.45, 7) is 1.98. The van der Waals surface area contributed by atoms with Crippen LogP contribution < -0.4 is 0 Å². The Morgan fingerprint density at radius 3 is 2.65 bits per heavy atom. The van der Waals surface area contributed by atoms with Gasteiger partial charge < -0.3 is 0 Å². The summed E-state index contributed by atoms with van der Waals surface area (Å²) in [5.74, 6) is 0.160. The van der Waals surface area contributed by atoms with E-state index in [9.17, 15) is 5.26 Å². The molecule has 0 aromatic carbocycles. The molecular weight excluding hydrogens is 230 g/mol. The number of hydrogen-bond donors (Lipinski definition) is 0. The second kappa shape index (κ2) is 6.02. The molecule has 1 aromatic rings. The van der Waals surface area contributed by atoms with Crippen molar-refractivity contribution in [2.45, 2.75) is 49.4 Å². The highest BCUT2D eigenvalue weighted by molar-refractivity contribution is 7.99. The molecular formula is C13H17N3S. The van der Waals surface area contributed by atoms with Gasteiger partial charge in [-0.25, -0.2) is 9.97 Å². The van der Waals surface area contributed by atoms with Crippen molar-refractivity contribution in [3.63, 3.8) is 0 Å². The number of nitrogens with zero attached hydrogens (tertiary/aromatic N) is 3. The predicted octanol–water partition coefficient (Wildman–Crippen LogP) is 3.35. The fraction of sp³-hybridized carbons (Fsp3) is 0.615. The van der Waals surface area contributed by atoms with Crippen LogP contribution in [0.1, 0.15) is 37.7 Å². The summed E-state index contributed by atoms with van der Waals surface area (Å²) in [4.78, 5) is 8.63. The maximum Gasteiger partial charge on any atom is 0.187 e. The third-order valence-corrected chi connectivity index (χ3v) is 4.42. The van der Waals surface area contributed by atoms with Crippen LogP contribution >= 0.6 is 11.8 Å². The lowest BCUT2D eigenvalue weighted by atomic mass is 10.0. The van der Waals surface area contributed by atoms with Crippen LogP contribution in [0, 0.1) is 24.2 Å². The fourth-order valence-electron chi connectivity index (χ4n) is 2.14. The van der Waals surface area contributed by atoms with E-state index in [0.29, 0.717) is 5.25 Å². The fourth-order valence-corrected chi connectivity index (χ4v) is 3.28. The first-order valence-corrected chi connectivity index (χ1v) is 7.02. The van der Waals surface area contributed by atoms with Crippen LogP contribution in [-0.2, 0) is 0 Å². The van der Waals surface area contributed by atoms with Crippen molar-refractivity contribution in [3.05, 3.63) is 18.0 Å². The predicted molar refractivity (Wildman–Crippen MR) is 68.6 cm³/mol. The minimum atomic E-state index is 0.160. The van der Waals surface area contributed by atoms with Crippen molar-refractivity contribution < 1.29 is 0 Å². The number of aryl methyl sites for hydroxylation is 1. The molecule has 0 amide bonds. The van der Waals surface area contributed by atoms with Gasteiger partial charge in [0.25, 0.3) is 0 Å². The van der Waals surface area contributed by atoms with E-state index in [1.54, 1.807) is 11.8 Å². The maximum atomic E-state index is 9.20. The largest absolute Gasteiger partial charge is 0.231 e. The van der Waals surface area contributed by atoms with Gasteiger partial charge in [0.15, 0.2) is 5.16 Å². The van der Waals surface area contributed by atoms with E-state index >= 15 is 0 Å². The van der Waals surface area contributed by atoms with E-state index in [0.717, 1.165) is 23.6 Å². The van der Waals surface area contributed by atoms with Crippen molar-refractivity contribution in [1.82, 2.24) is 9.97 Å². The van der Waals surface area contributed by atoms with E-state index in [-0.39, 0.29) is 5.92 Å². The molecule has 2 atom stereocenters. The SMILES string of the molecule is Cc1cnc(SC2CCCCCC2C#N)nc1. The highest BCUT2D eigenvalue weighted by Gasteiger charge is 2.25. The molecule has 2 unspecified atom stereocenters. The Balaban J connectivity index is 2.05. The van der Waals surface area contributed by atoms with Gasteiger partial charge in [0.2, 0.25) is 0 Å². The van der Waals surface area contributed by atoms with E-state index in [4.69, 9.17) is 0 Å². The van der Waals surface area contributed by atoms with Gasteiger partial charge >= 0.3 is 0 Å². The lowest BCUT2D eigenvalue weighted by Crippen LogP contribution is -2.14. The molecule has 0 radical (unpaired) electrons. The average Bonchev–Trinajstić information content (AvgIpc) is 2.57. The van der Waals surface area contributed by atoms with Gasteiger partial charge in [-0.1, -0.05) is 31.0 Å². The zero-order valence-electron chi connectivity index (χ0n) is 10.1. The lowest BCUT2D eigenvalue weighted by Gasteiger charge is -2.17. The van der Waals surface area contributed by atoms with E-state index in [1.165, 1.54) is 19.3 Å². The van der Waals surface area contributed by atoms with E-state index in [1.807, 2.05) is 19.3 Å². The molecule has 1 aromatic heterocycles. The van der Waals surface area contributed by atoms with Crippen LogP contribution in [0.25, 0.3) is 0 Å². The van der Waals surface area contributed by atoms with Crippen LogP contribution in [0.2, 0.25) is 0 Å². The molecule has 2 rings (SSSR count). The standard InChI is InChI=1S/C13H17N3S/c1-10-8-15-13(16-9-10)17-12-6-4-2-3-5-11(12)7-14/h8-9,11-12H,2-6H2,1H3. The van der Waals surface area contributed by atoms with E-state index < -0.39 is 0 Å². The number of rotatable bonds is 2. The maximum absolute atomic E-state index is 9.20. The molecule has 1 aliphatic carbocycles. The molecule has 0 aliphatic heterocycles. The minimum Gasteiger partial charge on any atom is -0.231 e. The summed E-state index contributed by atoms with van der Waals surface area (Å²) in [6, 6.07) is 2.45. The van der Waals surface area contributed by atoms with Gasteiger partial charge in [0.1, 0.15) is 0 Å². The number of thioether (sulfide) groups is 1. The smallest absolute Gasteiger partial charge is 0.187 e. The van der Waals surface area contributed by atoms with E-state index in [2.05, 4.69) is 16.0 Å². The molecule has 90 valence electrons. The Morgan fingerprint density at radius 2 is 1.94 bits per heavy atom. The first-order chi connectivity index (χ1) is 8.29. The molecule has 1 fully saturated rings. The third-order valence-electron chi connectivity index (χ3n) is 3.13. The second-order valence-corrected chi connectivity index (χ2v) is 5.78. The summed E-state index contributed by atoms with van der Waals surface area (Å²) in [7, 11) is 0.